The van der Waals surface area contributed by atoms with Gasteiger partial charge in [0.1, 0.15) is 6.61 Å². The van der Waals surface area contributed by atoms with Gasteiger partial charge in [-0.15, -0.1) is 0 Å². The van der Waals surface area contributed by atoms with Crippen LogP contribution in [-0.2, 0) is 11.3 Å². The molecule has 0 aliphatic heterocycles. The zero-order valence-electron chi connectivity index (χ0n) is 7.14. The minimum Gasteiger partial charge on any atom is -0.367 e. The van der Waals surface area contributed by atoms with E-state index in [1.54, 1.807) is 24.3 Å². The standard InChI is InChI=1S/C9H8BrF3O/c10-8-3-1-7(2-4-8)5-14-6-9(11,12)13/h1-4H,5-6H2. The van der Waals surface area contributed by atoms with Crippen LogP contribution < -0.4 is 0 Å². The van der Waals surface area contributed by atoms with E-state index < -0.39 is 12.8 Å². The Labute approximate surface area is 88.0 Å². The van der Waals surface area contributed by atoms with Gasteiger partial charge in [-0.3, -0.25) is 0 Å². The normalized spacial score (nSPS) is 11.7. The largest absolute Gasteiger partial charge is 0.411 e. The molecule has 0 heterocycles. The lowest BCUT2D eigenvalue weighted by Crippen LogP contribution is -2.16. The van der Waals surface area contributed by atoms with Crippen molar-refractivity contribution in [3.63, 3.8) is 0 Å². The predicted molar refractivity (Wildman–Crippen MR) is 49.9 cm³/mol. The van der Waals surface area contributed by atoms with Gasteiger partial charge in [0.25, 0.3) is 0 Å². The number of hydrogen-bond donors (Lipinski definition) is 0. The molecule has 14 heavy (non-hydrogen) atoms. The SMILES string of the molecule is FC(F)(F)COCc1ccc(Br)cc1. The Morgan fingerprint density at radius 3 is 2.21 bits per heavy atom. The maximum Gasteiger partial charge on any atom is 0.411 e. The lowest BCUT2D eigenvalue weighted by atomic mass is 10.2. The number of ether oxygens (including phenoxy) is 1. The number of rotatable bonds is 3. The highest BCUT2D eigenvalue weighted by Crippen LogP contribution is 2.16. The number of hydrogen-bond acceptors (Lipinski definition) is 1. The average molecular weight is 269 g/mol. The van der Waals surface area contributed by atoms with Crippen molar-refractivity contribution in [2.24, 2.45) is 0 Å². The van der Waals surface area contributed by atoms with Crippen molar-refractivity contribution in [3.05, 3.63) is 34.3 Å². The van der Waals surface area contributed by atoms with Crippen LogP contribution in [0.15, 0.2) is 28.7 Å². The van der Waals surface area contributed by atoms with Gasteiger partial charge in [-0.05, 0) is 17.7 Å². The second kappa shape index (κ2) is 4.79. The third-order valence-corrected chi connectivity index (χ3v) is 1.98. The van der Waals surface area contributed by atoms with Crippen molar-refractivity contribution >= 4 is 15.9 Å². The van der Waals surface area contributed by atoms with E-state index in [2.05, 4.69) is 20.7 Å². The van der Waals surface area contributed by atoms with E-state index in [1.807, 2.05) is 0 Å². The summed E-state index contributed by atoms with van der Waals surface area (Å²) >= 11 is 3.22. The first-order valence-electron chi connectivity index (χ1n) is 3.86. The summed E-state index contributed by atoms with van der Waals surface area (Å²) in [7, 11) is 0. The van der Waals surface area contributed by atoms with Crippen LogP contribution in [0.1, 0.15) is 5.56 Å². The fourth-order valence-corrected chi connectivity index (χ4v) is 1.13. The van der Waals surface area contributed by atoms with Crippen LogP contribution in [0.25, 0.3) is 0 Å². The molecular weight excluding hydrogens is 261 g/mol. The summed E-state index contributed by atoms with van der Waals surface area (Å²) in [4.78, 5) is 0. The zero-order valence-corrected chi connectivity index (χ0v) is 8.73. The van der Waals surface area contributed by atoms with Crippen LogP contribution in [0.3, 0.4) is 0 Å². The quantitative estimate of drug-likeness (QED) is 0.815. The first-order chi connectivity index (χ1) is 6.47. The van der Waals surface area contributed by atoms with Gasteiger partial charge < -0.3 is 4.74 Å². The van der Waals surface area contributed by atoms with Crippen molar-refractivity contribution in [1.82, 2.24) is 0 Å². The van der Waals surface area contributed by atoms with Gasteiger partial charge in [0.15, 0.2) is 0 Å². The predicted octanol–water partition coefficient (Wildman–Crippen LogP) is 3.53. The van der Waals surface area contributed by atoms with E-state index in [9.17, 15) is 13.2 Å². The first kappa shape index (κ1) is 11.5. The first-order valence-corrected chi connectivity index (χ1v) is 4.65. The Balaban J connectivity index is 2.35. The van der Waals surface area contributed by atoms with Gasteiger partial charge >= 0.3 is 6.18 Å². The summed E-state index contributed by atoms with van der Waals surface area (Å²) in [5, 5.41) is 0. The summed E-state index contributed by atoms with van der Waals surface area (Å²) in [5.74, 6) is 0. The highest BCUT2D eigenvalue weighted by molar-refractivity contribution is 9.10. The van der Waals surface area contributed by atoms with Gasteiger partial charge in [0.2, 0.25) is 0 Å². The molecule has 0 amide bonds. The minimum absolute atomic E-state index is 0.0210. The molecule has 0 bridgehead atoms. The van der Waals surface area contributed by atoms with Crippen molar-refractivity contribution < 1.29 is 17.9 Å². The van der Waals surface area contributed by atoms with E-state index in [4.69, 9.17) is 0 Å². The molecule has 1 rings (SSSR count). The zero-order chi connectivity index (χ0) is 10.6. The number of benzene rings is 1. The van der Waals surface area contributed by atoms with Gasteiger partial charge in [-0.25, -0.2) is 0 Å². The molecule has 1 aromatic rings. The van der Waals surface area contributed by atoms with Crippen LogP contribution >= 0.6 is 15.9 Å². The van der Waals surface area contributed by atoms with E-state index >= 15 is 0 Å². The number of alkyl halides is 3. The van der Waals surface area contributed by atoms with Gasteiger partial charge in [0, 0.05) is 4.47 Å². The van der Waals surface area contributed by atoms with E-state index in [0.29, 0.717) is 0 Å². The van der Waals surface area contributed by atoms with Gasteiger partial charge in [-0.2, -0.15) is 13.2 Å². The summed E-state index contributed by atoms with van der Waals surface area (Å²) in [6.07, 6.45) is -4.25. The Hall–Kier alpha value is -0.550. The third kappa shape index (κ3) is 4.62. The lowest BCUT2D eigenvalue weighted by Gasteiger charge is -2.07. The Bertz CT molecular complexity index is 281. The molecule has 1 aromatic carbocycles. The van der Waals surface area contributed by atoms with Crippen LogP contribution in [0.2, 0.25) is 0 Å². The number of halogens is 4. The van der Waals surface area contributed by atoms with Crippen molar-refractivity contribution in [3.8, 4) is 0 Å². The molecular formula is C9H8BrF3O. The van der Waals surface area contributed by atoms with E-state index in [1.165, 1.54) is 0 Å². The molecule has 0 aliphatic rings. The van der Waals surface area contributed by atoms with Crippen LogP contribution in [-0.4, -0.2) is 12.8 Å². The molecule has 0 unspecified atom stereocenters. The van der Waals surface area contributed by atoms with Crippen molar-refractivity contribution in [2.75, 3.05) is 6.61 Å². The highest BCUT2D eigenvalue weighted by Gasteiger charge is 2.27. The van der Waals surface area contributed by atoms with E-state index in [0.717, 1.165) is 10.0 Å². The van der Waals surface area contributed by atoms with Crippen LogP contribution in [0, 0.1) is 0 Å². The van der Waals surface area contributed by atoms with Gasteiger partial charge in [0.05, 0.1) is 6.61 Å². The summed E-state index contributed by atoms with van der Waals surface area (Å²) in [5.41, 5.74) is 0.720. The third-order valence-electron chi connectivity index (χ3n) is 1.45. The molecule has 0 radical (unpaired) electrons. The molecule has 78 valence electrons. The monoisotopic (exact) mass is 268 g/mol. The highest BCUT2D eigenvalue weighted by atomic mass is 79.9. The maximum absolute atomic E-state index is 11.7. The van der Waals surface area contributed by atoms with Crippen LogP contribution in [0.4, 0.5) is 13.2 Å². The van der Waals surface area contributed by atoms with E-state index in [-0.39, 0.29) is 6.61 Å². The lowest BCUT2D eigenvalue weighted by molar-refractivity contribution is -0.176. The molecule has 0 aromatic heterocycles. The van der Waals surface area contributed by atoms with Crippen molar-refractivity contribution in [1.29, 1.82) is 0 Å². The molecule has 0 saturated carbocycles. The maximum atomic E-state index is 11.7. The Kier molecular flexibility index (Phi) is 3.95. The summed E-state index contributed by atoms with van der Waals surface area (Å²) < 4.78 is 40.4. The Morgan fingerprint density at radius 1 is 1.14 bits per heavy atom. The fraction of sp³-hybridized carbons (Fsp3) is 0.333. The molecule has 0 spiro atoms. The summed E-state index contributed by atoms with van der Waals surface area (Å²) in [6, 6.07) is 6.93. The molecule has 0 atom stereocenters. The summed E-state index contributed by atoms with van der Waals surface area (Å²) in [6.45, 7) is -1.23. The topological polar surface area (TPSA) is 9.23 Å². The van der Waals surface area contributed by atoms with Gasteiger partial charge in [-0.1, -0.05) is 28.1 Å². The second-order valence-corrected chi connectivity index (χ2v) is 3.65. The average Bonchev–Trinajstić information content (AvgIpc) is 2.06. The molecule has 0 fully saturated rings. The van der Waals surface area contributed by atoms with Crippen LogP contribution in [0.5, 0.6) is 0 Å². The molecule has 5 heteroatoms. The molecule has 0 saturated heterocycles. The molecule has 1 nitrogen and oxygen atoms in total. The fourth-order valence-electron chi connectivity index (χ4n) is 0.865. The Morgan fingerprint density at radius 2 is 1.71 bits per heavy atom. The smallest absolute Gasteiger partial charge is 0.367 e. The second-order valence-electron chi connectivity index (χ2n) is 2.73. The molecule has 0 aliphatic carbocycles. The molecule has 0 N–H and O–H groups in total. The van der Waals surface area contributed by atoms with Crippen molar-refractivity contribution in [2.45, 2.75) is 12.8 Å². The minimum atomic E-state index is -4.25.